The van der Waals surface area contributed by atoms with Gasteiger partial charge in [-0.1, -0.05) is 30.3 Å². The van der Waals surface area contributed by atoms with Gasteiger partial charge in [-0.3, -0.25) is 14.9 Å². The topological polar surface area (TPSA) is 121 Å². The molecule has 2 aromatic carbocycles. The molecule has 1 aliphatic heterocycles. The SMILES string of the molecule is Cc1ccc(C)c(NC(=O)CC2N=C(/N=C(\N)Nc3ccccc3)NC2=O)c1. The Labute approximate surface area is 163 Å². The number of guanidine groups is 2. The summed E-state index contributed by atoms with van der Waals surface area (Å²) in [6, 6.07) is 14.2. The van der Waals surface area contributed by atoms with Crippen molar-refractivity contribution in [2.75, 3.05) is 10.6 Å². The zero-order chi connectivity index (χ0) is 20.1. The van der Waals surface area contributed by atoms with Crippen LogP contribution < -0.4 is 21.7 Å². The van der Waals surface area contributed by atoms with Crippen molar-refractivity contribution in [2.45, 2.75) is 26.3 Å². The van der Waals surface area contributed by atoms with Gasteiger partial charge in [0.05, 0.1) is 6.42 Å². The number of nitrogens with one attached hydrogen (secondary N) is 3. The number of benzene rings is 2. The molecule has 0 aromatic heterocycles. The molecule has 1 atom stereocenters. The van der Waals surface area contributed by atoms with Crippen LogP contribution in [0.25, 0.3) is 0 Å². The lowest BCUT2D eigenvalue weighted by Gasteiger charge is -2.10. The quantitative estimate of drug-likeness (QED) is 0.480. The van der Waals surface area contributed by atoms with Crippen LogP contribution in [0.3, 0.4) is 0 Å². The van der Waals surface area contributed by atoms with Crippen LogP contribution in [0.2, 0.25) is 0 Å². The Kier molecular flexibility index (Phi) is 5.69. The molecule has 8 heteroatoms. The first-order valence-electron chi connectivity index (χ1n) is 8.83. The highest BCUT2D eigenvalue weighted by atomic mass is 16.2. The summed E-state index contributed by atoms with van der Waals surface area (Å²) in [5.41, 5.74) is 9.31. The molecule has 2 amide bonds. The average Bonchev–Trinajstić information content (AvgIpc) is 2.97. The number of hydrogen-bond acceptors (Lipinski definition) is 4. The van der Waals surface area contributed by atoms with Crippen molar-refractivity contribution < 1.29 is 9.59 Å². The Morgan fingerprint density at radius 1 is 1.18 bits per heavy atom. The van der Waals surface area contributed by atoms with Gasteiger partial charge < -0.3 is 16.4 Å². The number of carbonyl (C=O) groups excluding carboxylic acids is 2. The van der Waals surface area contributed by atoms with Crippen molar-refractivity contribution in [2.24, 2.45) is 15.7 Å². The van der Waals surface area contributed by atoms with Crippen molar-refractivity contribution in [1.29, 1.82) is 0 Å². The fraction of sp³-hybridized carbons (Fsp3) is 0.200. The predicted octanol–water partition coefficient (Wildman–Crippen LogP) is 1.91. The van der Waals surface area contributed by atoms with Crippen LogP contribution in [0, 0.1) is 13.8 Å². The lowest BCUT2D eigenvalue weighted by Crippen LogP contribution is -2.32. The first-order chi connectivity index (χ1) is 13.4. The number of nitrogens with zero attached hydrogens (tertiary/aromatic N) is 2. The molecule has 0 aliphatic carbocycles. The summed E-state index contributed by atoms with van der Waals surface area (Å²) in [7, 11) is 0. The maximum absolute atomic E-state index is 12.3. The lowest BCUT2D eigenvalue weighted by atomic mass is 10.1. The Bertz CT molecular complexity index is 952. The van der Waals surface area contributed by atoms with E-state index in [1.807, 2.05) is 62.4 Å². The first kappa shape index (κ1) is 19.1. The Morgan fingerprint density at radius 2 is 1.93 bits per heavy atom. The summed E-state index contributed by atoms with van der Waals surface area (Å²) in [4.78, 5) is 32.6. The standard InChI is InChI=1S/C20H22N6O2/c1-12-8-9-13(2)15(10-12)23-17(27)11-16-18(28)25-20(24-16)26-19(21)22-14-6-4-3-5-7-14/h3-10,16H,11H2,1-2H3,(H,23,27)(H4,21,22,24,25,26,28). The molecule has 0 radical (unpaired) electrons. The van der Waals surface area contributed by atoms with Gasteiger partial charge >= 0.3 is 0 Å². The maximum atomic E-state index is 12.3. The first-order valence-corrected chi connectivity index (χ1v) is 8.83. The fourth-order valence-electron chi connectivity index (χ4n) is 2.69. The third-order valence-corrected chi connectivity index (χ3v) is 4.13. The zero-order valence-electron chi connectivity index (χ0n) is 15.7. The second kappa shape index (κ2) is 8.34. The maximum Gasteiger partial charge on any atom is 0.252 e. The molecular weight excluding hydrogens is 356 g/mol. The van der Waals surface area contributed by atoms with Crippen LogP contribution in [0.15, 0.2) is 58.5 Å². The summed E-state index contributed by atoms with van der Waals surface area (Å²) in [5.74, 6) is -0.512. The summed E-state index contributed by atoms with van der Waals surface area (Å²) in [5, 5.41) is 8.26. The molecule has 144 valence electrons. The number of anilines is 2. The number of aliphatic imine (C=N–C) groups is 2. The molecule has 1 aliphatic rings. The van der Waals surface area contributed by atoms with Gasteiger partial charge in [0.1, 0.15) is 6.04 Å². The highest BCUT2D eigenvalue weighted by molar-refractivity contribution is 6.11. The molecule has 0 saturated carbocycles. The molecule has 0 spiro atoms. The van der Waals surface area contributed by atoms with Gasteiger partial charge in [-0.2, -0.15) is 4.99 Å². The van der Waals surface area contributed by atoms with E-state index in [0.29, 0.717) is 0 Å². The molecule has 1 heterocycles. The van der Waals surface area contributed by atoms with Crippen LogP contribution in [0.4, 0.5) is 11.4 Å². The lowest BCUT2D eigenvalue weighted by molar-refractivity contribution is -0.123. The molecule has 0 saturated heterocycles. The van der Waals surface area contributed by atoms with Gasteiger partial charge in [-0.25, -0.2) is 4.99 Å². The summed E-state index contributed by atoms with van der Waals surface area (Å²) >= 11 is 0. The molecule has 2 aromatic rings. The fourth-order valence-corrected chi connectivity index (χ4v) is 2.69. The van der Waals surface area contributed by atoms with Crippen LogP contribution >= 0.6 is 0 Å². The highest BCUT2D eigenvalue weighted by Crippen LogP contribution is 2.17. The molecule has 1 unspecified atom stereocenters. The van der Waals surface area contributed by atoms with E-state index in [0.717, 1.165) is 22.5 Å². The largest absolute Gasteiger partial charge is 0.369 e. The minimum absolute atomic E-state index is 0.0791. The number of hydrogen-bond donors (Lipinski definition) is 4. The normalized spacial score (nSPS) is 16.4. The van der Waals surface area contributed by atoms with E-state index < -0.39 is 6.04 Å². The molecular formula is C20H22N6O2. The predicted molar refractivity (Wildman–Crippen MR) is 110 cm³/mol. The Hall–Kier alpha value is -3.68. The van der Waals surface area contributed by atoms with Crippen molar-refractivity contribution in [3.05, 3.63) is 59.7 Å². The highest BCUT2D eigenvalue weighted by Gasteiger charge is 2.28. The Balaban J connectivity index is 1.62. The van der Waals surface area contributed by atoms with Crippen molar-refractivity contribution >= 4 is 35.1 Å². The van der Waals surface area contributed by atoms with Crippen LogP contribution in [0.1, 0.15) is 17.5 Å². The van der Waals surface area contributed by atoms with Crippen molar-refractivity contribution in [1.82, 2.24) is 5.32 Å². The average molecular weight is 378 g/mol. The van der Waals surface area contributed by atoms with Gasteiger partial charge in [0.2, 0.25) is 17.8 Å². The van der Waals surface area contributed by atoms with Crippen LogP contribution in [0.5, 0.6) is 0 Å². The van der Waals surface area contributed by atoms with Crippen LogP contribution in [-0.4, -0.2) is 29.8 Å². The Morgan fingerprint density at radius 3 is 2.68 bits per heavy atom. The van der Waals surface area contributed by atoms with Crippen molar-refractivity contribution in [3.8, 4) is 0 Å². The molecule has 28 heavy (non-hydrogen) atoms. The van der Waals surface area contributed by atoms with E-state index in [9.17, 15) is 9.59 Å². The molecule has 0 fully saturated rings. The van der Waals surface area contributed by atoms with E-state index in [4.69, 9.17) is 5.73 Å². The van der Waals surface area contributed by atoms with E-state index in [-0.39, 0.29) is 30.2 Å². The van der Waals surface area contributed by atoms with E-state index >= 15 is 0 Å². The number of para-hydroxylation sites is 1. The zero-order valence-corrected chi connectivity index (χ0v) is 15.7. The van der Waals surface area contributed by atoms with E-state index in [1.54, 1.807) is 0 Å². The van der Waals surface area contributed by atoms with Gasteiger partial charge in [-0.15, -0.1) is 0 Å². The van der Waals surface area contributed by atoms with Gasteiger partial charge in [0, 0.05) is 11.4 Å². The molecule has 5 N–H and O–H groups in total. The van der Waals surface area contributed by atoms with Gasteiger partial charge in [0.15, 0.2) is 0 Å². The van der Waals surface area contributed by atoms with E-state index in [1.165, 1.54) is 0 Å². The summed E-state index contributed by atoms with van der Waals surface area (Å²) < 4.78 is 0. The molecule has 3 rings (SSSR count). The molecule has 0 bridgehead atoms. The van der Waals surface area contributed by atoms with Gasteiger partial charge in [0.25, 0.3) is 5.91 Å². The van der Waals surface area contributed by atoms with Crippen LogP contribution in [-0.2, 0) is 9.59 Å². The number of carbonyl (C=O) groups is 2. The number of rotatable bonds is 4. The smallest absolute Gasteiger partial charge is 0.252 e. The third kappa shape index (κ3) is 4.94. The third-order valence-electron chi connectivity index (χ3n) is 4.13. The minimum atomic E-state index is -0.839. The van der Waals surface area contributed by atoms with E-state index in [2.05, 4.69) is 25.9 Å². The molecule has 8 nitrogen and oxygen atoms in total. The number of nitrogens with two attached hydrogens (primary N) is 1. The van der Waals surface area contributed by atoms with Crippen molar-refractivity contribution in [3.63, 3.8) is 0 Å². The van der Waals surface area contributed by atoms with Gasteiger partial charge in [-0.05, 0) is 43.2 Å². The second-order valence-electron chi connectivity index (χ2n) is 6.52. The second-order valence-corrected chi connectivity index (χ2v) is 6.52. The minimum Gasteiger partial charge on any atom is -0.369 e. The number of aryl methyl sites for hydroxylation is 2. The summed E-state index contributed by atoms with van der Waals surface area (Å²) in [6.45, 7) is 3.85. The summed E-state index contributed by atoms with van der Waals surface area (Å²) in [6.07, 6.45) is -0.0791. The monoisotopic (exact) mass is 378 g/mol. The number of amides is 2.